The predicted octanol–water partition coefficient (Wildman–Crippen LogP) is 2.79. The molecule has 0 aromatic carbocycles. The molecule has 0 bridgehead atoms. The summed E-state index contributed by atoms with van der Waals surface area (Å²) < 4.78 is 0. The number of rotatable bonds is 0. The lowest BCUT2D eigenvalue weighted by atomic mass is 9.45. The van der Waals surface area contributed by atoms with Gasteiger partial charge in [-0.25, -0.2) is 4.99 Å². The third kappa shape index (κ3) is 1.53. The summed E-state index contributed by atoms with van der Waals surface area (Å²) in [5.41, 5.74) is 1.56. The standard InChI is InChI=1S/C13H22BN3/c1-12(2)8-10-9-16-7-6-13(3,4)15-11(16)17(10)14(12)5/h9H,6-8H2,1-5H3. The van der Waals surface area contributed by atoms with E-state index in [1.165, 1.54) is 18.1 Å². The van der Waals surface area contributed by atoms with Gasteiger partial charge in [-0.15, -0.1) is 0 Å². The molecule has 0 aromatic rings. The molecule has 1 fully saturated rings. The van der Waals surface area contributed by atoms with E-state index in [1.807, 2.05) is 0 Å². The van der Waals surface area contributed by atoms with E-state index in [0.717, 1.165) is 13.0 Å². The fourth-order valence-corrected chi connectivity index (χ4v) is 3.09. The summed E-state index contributed by atoms with van der Waals surface area (Å²) in [5, 5.41) is 0.363. The molecule has 0 N–H and O–H groups in total. The van der Waals surface area contributed by atoms with Gasteiger partial charge in [0.15, 0.2) is 5.96 Å². The molecule has 3 nitrogen and oxygen atoms in total. The maximum absolute atomic E-state index is 4.95. The first-order chi connectivity index (χ1) is 7.80. The normalized spacial score (nSPS) is 28.9. The van der Waals surface area contributed by atoms with Crippen LogP contribution in [0, 0.1) is 0 Å². The lowest BCUT2D eigenvalue weighted by Gasteiger charge is -2.36. The van der Waals surface area contributed by atoms with Crippen molar-refractivity contribution in [3.63, 3.8) is 0 Å². The molecular weight excluding hydrogens is 209 g/mol. The molecule has 0 unspecified atom stereocenters. The molecular formula is C13H22BN3. The van der Waals surface area contributed by atoms with Crippen LogP contribution in [0.1, 0.15) is 40.5 Å². The number of nitrogens with zero attached hydrogens (tertiary/aromatic N) is 3. The van der Waals surface area contributed by atoms with Crippen LogP contribution in [0.5, 0.6) is 0 Å². The van der Waals surface area contributed by atoms with Crippen molar-refractivity contribution in [2.45, 2.75) is 58.2 Å². The molecule has 3 aliphatic heterocycles. The SMILES string of the molecule is CB1N2C(=CN3CCC(C)(C)N=C32)CC1(C)C. The van der Waals surface area contributed by atoms with E-state index < -0.39 is 0 Å². The largest absolute Gasteiger partial charge is 0.359 e. The first-order valence-electron chi connectivity index (χ1n) is 6.67. The van der Waals surface area contributed by atoms with Crippen LogP contribution in [-0.2, 0) is 0 Å². The highest BCUT2D eigenvalue weighted by Gasteiger charge is 2.50. The number of hydrogen-bond acceptors (Lipinski definition) is 3. The zero-order chi connectivity index (χ0) is 12.4. The molecule has 92 valence electrons. The molecule has 0 aromatic heterocycles. The minimum Gasteiger partial charge on any atom is -0.359 e. The Hall–Kier alpha value is -0.925. The van der Waals surface area contributed by atoms with Crippen LogP contribution in [0.15, 0.2) is 16.9 Å². The summed E-state index contributed by atoms with van der Waals surface area (Å²) in [7, 11) is 0. The highest BCUT2D eigenvalue weighted by atomic mass is 15.4. The lowest BCUT2D eigenvalue weighted by Crippen LogP contribution is -2.47. The van der Waals surface area contributed by atoms with E-state index in [9.17, 15) is 0 Å². The van der Waals surface area contributed by atoms with Crippen molar-refractivity contribution in [2.75, 3.05) is 6.54 Å². The van der Waals surface area contributed by atoms with Crippen LogP contribution in [0.3, 0.4) is 0 Å². The summed E-state index contributed by atoms with van der Waals surface area (Å²) in [6.45, 7) is 13.2. The van der Waals surface area contributed by atoms with Gasteiger partial charge in [-0.1, -0.05) is 20.7 Å². The zero-order valence-electron chi connectivity index (χ0n) is 11.6. The zero-order valence-corrected chi connectivity index (χ0v) is 11.6. The maximum Gasteiger partial charge on any atom is 0.267 e. The monoisotopic (exact) mass is 231 g/mol. The summed E-state index contributed by atoms with van der Waals surface area (Å²) in [6, 6.07) is 0. The Balaban J connectivity index is 2.01. The molecule has 1 saturated heterocycles. The second-order valence-corrected chi connectivity index (χ2v) is 7.00. The highest BCUT2D eigenvalue weighted by Crippen LogP contribution is 2.49. The van der Waals surface area contributed by atoms with Crippen LogP contribution in [0.2, 0.25) is 12.1 Å². The fraction of sp³-hybridized carbons (Fsp3) is 0.769. The summed E-state index contributed by atoms with van der Waals surface area (Å²) in [4.78, 5) is 9.75. The van der Waals surface area contributed by atoms with Gasteiger partial charge in [-0.3, -0.25) is 0 Å². The van der Waals surface area contributed by atoms with Crippen molar-refractivity contribution < 1.29 is 0 Å². The smallest absolute Gasteiger partial charge is 0.267 e. The van der Waals surface area contributed by atoms with Gasteiger partial charge in [0.25, 0.3) is 6.85 Å². The van der Waals surface area contributed by atoms with E-state index in [2.05, 4.69) is 50.4 Å². The summed E-state index contributed by atoms with van der Waals surface area (Å²) >= 11 is 0. The van der Waals surface area contributed by atoms with E-state index in [4.69, 9.17) is 4.99 Å². The van der Waals surface area contributed by atoms with Crippen molar-refractivity contribution in [2.24, 2.45) is 4.99 Å². The van der Waals surface area contributed by atoms with E-state index in [0.29, 0.717) is 12.2 Å². The van der Waals surface area contributed by atoms with Crippen molar-refractivity contribution in [3.05, 3.63) is 11.9 Å². The molecule has 0 spiro atoms. The van der Waals surface area contributed by atoms with E-state index >= 15 is 0 Å². The first-order valence-corrected chi connectivity index (χ1v) is 6.67. The lowest BCUT2D eigenvalue weighted by molar-refractivity contribution is 0.368. The number of allylic oxidation sites excluding steroid dienone is 1. The Kier molecular flexibility index (Phi) is 2.03. The van der Waals surface area contributed by atoms with Crippen LogP contribution in [0.25, 0.3) is 0 Å². The predicted molar refractivity (Wildman–Crippen MR) is 73.0 cm³/mol. The van der Waals surface area contributed by atoms with Crippen molar-refractivity contribution in [3.8, 4) is 0 Å². The third-order valence-corrected chi connectivity index (χ3v) is 4.61. The Morgan fingerprint density at radius 3 is 2.71 bits per heavy atom. The summed E-state index contributed by atoms with van der Waals surface area (Å²) in [5.74, 6) is 1.19. The number of guanidine groups is 1. The van der Waals surface area contributed by atoms with Crippen molar-refractivity contribution in [1.29, 1.82) is 0 Å². The molecule has 0 saturated carbocycles. The molecule has 3 rings (SSSR count). The first kappa shape index (κ1) is 11.2. The summed E-state index contributed by atoms with van der Waals surface area (Å²) in [6.07, 6.45) is 4.63. The molecule has 0 radical (unpaired) electrons. The van der Waals surface area contributed by atoms with Gasteiger partial charge in [0, 0.05) is 18.4 Å². The van der Waals surface area contributed by atoms with Gasteiger partial charge < -0.3 is 9.71 Å². The second kappa shape index (κ2) is 3.09. The van der Waals surface area contributed by atoms with Crippen molar-refractivity contribution >= 4 is 12.8 Å². The molecule has 0 aliphatic carbocycles. The minimum atomic E-state index is 0.0988. The average Bonchev–Trinajstić information content (AvgIpc) is 2.61. The molecule has 3 aliphatic rings. The van der Waals surface area contributed by atoms with Crippen LogP contribution < -0.4 is 0 Å². The van der Waals surface area contributed by atoms with E-state index in [-0.39, 0.29) is 5.54 Å². The molecule has 3 heterocycles. The van der Waals surface area contributed by atoms with Gasteiger partial charge in [0.1, 0.15) is 0 Å². The van der Waals surface area contributed by atoms with Gasteiger partial charge in [-0.05, 0) is 32.0 Å². The van der Waals surface area contributed by atoms with Crippen LogP contribution in [-0.4, -0.2) is 34.6 Å². The average molecular weight is 231 g/mol. The second-order valence-electron chi connectivity index (χ2n) is 7.00. The van der Waals surface area contributed by atoms with Crippen LogP contribution in [0.4, 0.5) is 0 Å². The van der Waals surface area contributed by atoms with Crippen LogP contribution >= 0.6 is 0 Å². The Morgan fingerprint density at radius 2 is 2.00 bits per heavy atom. The number of fused-ring (bicyclic) bond motifs is 3. The molecule has 17 heavy (non-hydrogen) atoms. The molecule has 0 amide bonds. The quantitative estimate of drug-likeness (QED) is 0.597. The Morgan fingerprint density at radius 1 is 1.29 bits per heavy atom. The Bertz CT molecular complexity index is 422. The number of hydrogen-bond donors (Lipinski definition) is 0. The van der Waals surface area contributed by atoms with Gasteiger partial charge in [-0.2, -0.15) is 0 Å². The topological polar surface area (TPSA) is 18.8 Å². The molecule has 0 atom stereocenters. The van der Waals surface area contributed by atoms with Gasteiger partial charge in [0.05, 0.1) is 5.54 Å². The Labute approximate surface area is 105 Å². The van der Waals surface area contributed by atoms with E-state index in [1.54, 1.807) is 0 Å². The minimum absolute atomic E-state index is 0.0988. The fourth-order valence-electron chi connectivity index (χ4n) is 3.09. The number of aliphatic imine (C=N–C) groups is 1. The third-order valence-electron chi connectivity index (χ3n) is 4.61. The van der Waals surface area contributed by atoms with Gasteiger partial charge in [0.2, 0.25) is 0 Å². The highest BCUT2D eigenvalue weighted by molar-refractivity contribution is 6.62. The maximum atomic E-state index is 4.95. The van der Waals surface area contributed by atoms with Gasteiger partial charge >= 0.3 is 0 Å². The van der Waals surface area contributed by atoms with Crippen molar-refractivity contribution in [1.82, 2.24) is 9.71 Å². The molecule has 4 heteroatoms.